The van der Waals surface area contributed by atoms with E-state index in [1.165, 1.54) is 14.0 Å². The Morgan fingerprint density at radius 2 is 1.93 bits per heavy atom. The fourth-order valence-corrected chi connectivity index (χ4v) is 2.91. The van der Waals surface area contributed by atoms with Crippen LogP contribution in [0.25, 0.3) is 0 Å². The van der Waals surface area contributed by atoms with E-state index in [0.29, 0.717) is 0 Å². The molecule has 1 aromatic carbocycles. The Labute approximate surface area is 112 Å². The Morgan fingerprint density at radius 3 is 2.53 bits per heavy atom. The highest BCUT2D eigenvalue weighted by Crippen LogP contribution is 2.27. The summed E-state index contributed by atoms with van der Waals surface area (Å²) in [5.41, 5.74) is 1.20. The number of thiophene rings is 1. The van der Waals surface area contributed by atoms with E-state index in [9.17, 15) is 0 Å². The molecule has 15 heavy (non-hydrogen) atoms. The van der Waals surface area contributed by atoms with Gasteiger partial charge in [-0.05, 0) is 51.7 Å². The molecule has 0 radical (unpaired) electrons. The maximum atomic E-state index is 6.35. The van der Waals surface area contributed by atoms with Gasteiger partial charge in [0.1, 0.15) is 0 Å². The Morgan fingerprint density at radius 1 is 1.20 bits per heavy atom. The molecular formula is C12H10ClIS. The maximum Gasteiger partial charge on any atom is 0.0633 e. The van der Waals surface area contributed by atoms with Crippen molar-refractivity contribution in [2.45, 2.75) is 11.8 Å². The molecule has 1 atom stereocenters. The van der Waals surface area contributed by atoms with E-state index < -0.39 is 0 Å². The lowest BCUT2D eigenvalue weighted by atomic mass is 10.1. The minimum Gasteiger partial charge on any atom is -0.149 e. The smallest absolute Gasteiger partial charge is 0.0633 e. The van der Waals surface area contributed by atoms with E-state index in [1.54, 1.807) is 11.3 Å². The second-order valence-corrected chi connectivity index (χ2v) is 6.11. The van der Waals surface area contributed by atoms with Crippen LogP contribution in [-0.2, 0) is 6.42 Å². The largest absolute Gasteiger partial charge is 0.149 e. The molecule has 1 aromatic heterocycles. The quantitative estimate of drug-likeness (QED) is 0.548. The summed E-state index contributed by atoms with van der Waals surface area (Å²) in [6.45, 7) is 0. The first-order valence-corrected chi connectivity index (χ1v) is 7.07. The molecule has 0 N–H and O–H groups in total. The molecule has 1 heterocycles. The minimum absolute atomic E-state index is 0.0839. The van der Waals surface area contributed by atoms with E-state index in [1.807, 2.05) is 0 Å². The lowest BCUT2D eigenvalue weighted by molar-refractivity contribution is 0.937. The fraction of sp³-hybridized carbons (Fsp3) is 0.167. The topological polar surface area (TPSA) is 0 Å². The van der Waals surface area contributed by atoms with Crippen LogP contribution in [0.5, 0.6) is 0 Å². The van der Waals surface area contributed by atoms with Gasteiger partial charge in [-0.15, -0.1) is 22.9 Å². The predicted octanol–water partition coefficient (Wildman–Crippen LogP) is 4.88. The van der Waals surface area contributed by atoms with Gasteiger partial charge >= 0.3 is 0 Å². The van der Waals surface area contributed by atoms with Gasteiger partial charge in [0.05, 0.1) is 5.38 Å². The SMILES string of the molecule is ClC(Cc1cccs1)c1ccc(I)cc1. The molecule has 0 fully saturated rings. The molecule has 0 aliphatic carbocycles. The number of rotatable bonds is 3. The van der Waals surface area contributed by atoms with Crippen LogP contribution in [0.3, 0.4) is 0 Å². The van der Waals surface area contributed by atoms with E-state index >= 15 is 0 Å². The van der Waals surface area contributed by atoms with Crippen molar-refractivity contribution < 1.29 is 0 Å². The van der Waals surface area contributed by atoms with Crippen molar-refractivity contribution in [3.63, 3.8) is 0 Å². The molecule has 0 spiro atoms. The van der Waals surface area contributed by atoms with Crippen LogP contribution in [0.2, 0.25) is 0 Å². The number of hydrogen-bond donors (Lipinski definition) is 0. The zero-order chi connectivity index (χ0) is 10.7. The number of alkyl halides is 1. The van der Waals surface area contributed by atoms with Gasteiger partial charge in [-0.3, -0.25) is 0 Å². The average Bonchev–Trinajstić information content (AvgIpc) is 2.71. The van der Waals surface area contributed by atoms with Crippen LogP contribution in [0.4, 0.5) is 0 Å². The zero-order valence-corrected chi connectivity index (χ0v) is 11.7. The third kappa shape index (κ3) is 3.20. The van der Waals surface area contributed by atoms with Crippen molar-refractivity contribution in [2.75, 3.05) is 0 Å². The first-order valence-electron chi connectivity index (χ1n) is 4.67. The third-order valence-electron chi connectivity index (χ3n) is 2.19. The molecule has 0 amide bonds. The summed E-state index contributed by atoms with van der Waals surface area (Å²) in [4.78, 5) is 1.34. The maximum absolute atomic E-state index is 6.35. The normalized spacial score (nSPS) is 12.7. The molecule has 0 nitrogen and oxygen atoms in total. The van der Waals surface area contributed by atoms with Crippen LogP contribution in [0, 0.1) is 3.57 Å². The number of benzene rings is 1. The summed E-state index contributed by atoms with van der Waals surface area (Å²) in [7, 11) is 0. The van der Waals surface area contributed by atoms with Crippen LogP contribution >= 0.6 is 45.5 Å². The molecule has 0 aliphatic rings. The van der Waals surface area contributed by atoms with Crippen LogP contribution in [0.15, 0.2) is 41.8 Å². The second-order valence-electron chi connectivity index (χ2n) is 3.30. The van der Waals surface area contributed by atoms with Gasteiger partial charge in [0.15, 0.2) is 0 Å². The average molecular weight is 349 g/mol. The summed E-state index contributed by atoms with van der Waals surface area (Å²) >= 11 is 10.4. The first kappa shape index (κ1) is 11.4. The van der Waals surface area contributed by atoms with E-state index in [0.717, 1.165) is 6.42 Å². The summed E-state index contributed by atoms with van der Waals surface area (Å²) in [6, 6.07) is 12.6. The summed E-state index contributed by atoms with van der Waals surface area (Å²) in [6.07, 6.45) is 0.916. The summed E-state index contributed by atoms with van der Waals surface area (Å²) in [5, 5.41) is 2.17. The van der Waals surface area contributed by atoms with Gasteiger partial charge < -0.3 is 0 Å². The van der Waals surface area contributed by atoms with E-state index in [-0.39, 0.29) is 5.38 Å². The van der Waals surface area contributed by atoms with Crippen molar-refractivity contribution in [1.82, 2.24) is 0 Å². The van der Waals surface area contributed by atoms with Crippen molar-refractivity contribution in [2.24, 2.45) is 0 Å². The van der Waals surface area contributed by atoms with Crippen LogP contribution in [0.1, 0.15) is 15.8 Å². The van der Waals surface area contributed by atoms with Crippen LogP contribution < -0.4 is 0 Å². The van der Waals surface area contributed by atoms with Gasteiger partial charge in [-0.25, -0.2) is 0 Å². The first-order chi connectivity index (χ1) is 7.25. The molecule has 3 heteroatoms. The van der Waals surface area contributed by atoms with E-state index in [4.69, 9.17) is 11.6 Å². The molecule has 78 valence electrons. The highest BCUT2D eigenvalue weighted by molar-refractivity contribution is 14.1. The highest BCUT2D eigenvalue weighted by atomic mass is 127. The number of halogens is 2. The fourth-order valence-electron chi connectivity index (χ4n) is 1.39. The van der Waals surface area contributed by atoms with Crippen molar-refractivity contribution in [3.8, 4) is 0 Å². The third-order valence-corrected chi connectivity index (χ3v) is 4.22. The summed E-state index contributed by atoms with van der Waals surface area (Å²) < 4.78 is 1.25. The van der Waals surface area contributed by atoms with Gasteiger partial charge in [-0.2, -0.15) is 0 Å². The predicted molar refractivity (Wildman–Crippen MR) is 75.8 cm³/mol. The zero-order valence-electron chi connectivity index (χ0n) is 7.99. The Bertz CT molecular complexity index is 408. The minimum atomic E-state index is 0.0839. The van der Waals surface area contributed by atoms with Crippen molar-refractivity contribution >= 4 is 45.5 Å². The summed E-state index contributed by atoms with van der Waals surface area (Å²) in [5.74, 6) is 0. The monoisotopic (exact) mass is 348 g/mol. The Hall–Kier alpha value is -0.0600. The molecule has 0 saturated heterocycles. The van der Waals surface area contributed by atoms with Crippen molar-refractivity contribution in [3.05, 3.63) is 55.8 Å². The van der Waals surface area contributed by atoms with E-state index in [2.05, 4.69) is 64.4 Å². The van der Waals surface area contributed by atoms with Gasteiger partial charge in [0, 0.05) is 14.9 Å². The molecule has 2 aromatic rings. The Balaban J connectivity index is 2.08. The molecule has 2 rings (SSSR count). The van der Waals surface area contributed by atoms with Gasteiger partial charge in [0.25, 0.3) is 0 Å². The van der Waals surface area contributed by atoms with Gasteiger partial charge in [0.2, 0.25) is 0 Å². The molecule has 1 unspecified atom stereocenters. The standard InChI is InChI=1S/C12H10ClIS/c13-12(8-11-2-1-7-15-11)9-3-5-10(14)6-4-9/h1-7,12H,8H2. The Kier molecular flexibility index (Phi) is 4.05. The second kappa shape index (κ2) is 5.32. The number of hydrogen-bond acceptors (Lipinski definition) is 1. The molecule has 0 bridgehead atoms. The highest BCUT2D eigenvalue weighted by Gasteiger charge is 2.08. The lowest BCUT2D eigenvalue weighted by Gasteiger charge is -2.08. The lowest BCUT2D eigenvalue weighted by Crippen LogP contribution is -1.93. The molecule has 0 saturated carbocycles. The van der Waals surface area contributed by atoms with Crippen LogP contribution in [-0.4, -0.2) is 0 Å². The molecular weight excluding hydrogens is 339 g/mol. The molecule has 0 aliphatic heterocycles. The van der Waals surface area contributed by atoms with Crippen molar-refractivity contribution in [1.29, 1.82) is 0 Å². The van der Waals surface area contributed by atoms with Gasteiger partial charge in [-0.1, -0.05) is 18.2 Å².